The molecule has 0 atom stereocenters. The predicted octanol–water partition coefficient (Wildman–Crippen LogP) is 4.79. The highest BCUT2D eigenvalue weighted by molar-refractivity contribution is 6.20. The number of rotatable bonds is 5. The first kappa shape index (κ1) is 17.9. The van der Waals surface area contributed by atoms with Crippen LogP contribution in [0.4, 0.5) is 28.4 Å². The number of hydrogen-bond donors (Lipinski definition) is 2. The van der Waals surface area contributed by atoms with E-state index in [0.717, 1.165) is 0 Å². The van der Waals surface area contributed by atoms with Crippen molar-refractivity contribution >= 4 is 50.2 Å². The van der Waals surface area contributed by atoms with Gasteiger partial charge >= 0.3 is 17.1 Å². The molecule has 11 nitrogen and oxygen atoms in total. The second-order valence-corrected chi connectivity index (χ2v) is 6.10. The number of nitro groups is 3. The van der Waals surface area contributed by atoms with Crippen molar-refractivity contribution in [3.05, 3.63) is 84.9 Å². The van der Waals surface area contributed by atoms with Gasteiger partial charge in [0.15, 0.2) is 5.69 Å². The Morgan fingerprint density at radius 3 is 1.93 bits per heavy atom. The van der Waals surface area contributed by atoms with Gasteiger partial charge in [-0.25, -0.2) is 0 Å². The molecule has 0 bridgehead atoms. The number of H-pyrrole nitrogens is 1. The average molecular weight is 393 g/mol. The molecule has 1 aromatic heterocycles. The number of hydrogen-bond acceptors (Lipinski definition) is 7. The van der Waals surface area contributed by atoms with Gasteiger partial charge in [0.2, 0.25) is 0 Å². The van der Waals surface area contributed by atoms with Crippen LogP contribution in [0.15, 0.2) is 54.6 Å². The summed E-state index contributed by atoms with van der Waals surface area (Å²) in [6.45, 7) is 0. The summed E-state index contributed by atoms with van der Waals surface area (Å²) < 4.78 is 0. The molecule has 3 aromatic carbocycles. The largest absolute Gasteiger partial charge is 0.425 e. The molecular formula is C18H11N5O6. The summed E-state index contributed by atoms with van der Waals surface area (Å²) in [6, 6.07) is 14.8. The molecule has 0 aliphatic rings. The molecular weight excluding hydrogens is 382 g/mol. The smallest absolute Gasteiger partial charge is 0.352 e. The topological polar surface area (TPSA) is 157 Å². The molecule has 1 heterocycles. The van der Waals surface area contributed by atoms with E-state index in [1.165, 1.54) is 0 Å². The van der Waals surface area contributed by atoms with Gasteiger partial charge in [-0.05, 0) is 18.2 Å². The van der Waals surface area contributed by atoms with Crippen molar-refractivity contribution in [1.82, 2.24) is 4.98 Å². The monoisotopic (exact) mass is 393 g/mol. The van der Waals surface area contributed by atoms with E-state index in [2.05, 4.69) is 10.3 Å². The molecule has 11 heteroatoms. The van der Waals surface area contributed by atoms with E-state index < -0.39 is 31.8 Å². The molecule has 2 N–H and O–H groups in total. The highest BCUT2D eigenvalue weighted by atomic mass is 16.6. The Morgan fingerprint density at radius 1 is 0.724 bits per heavy atom. The molecule has 0 unspecified atom stereocenters. The molecule has 0 spiro atoms. The summed E-state index contributed by atoms with van der Waals surface area (Å²) in [5.41, 5.74) is -2.37. The van der Waals surface area contributed by atoms with E-state index in [9.17, 15) is 30.3 Å². The molecule has 0 radical (unpaired) electrons. The average Bonchev–Trinajstić information content (AvgIpc) is 3.07. The van der Waals surface area contributed by atoms with Crippen molar-refractivity contribution in [2.45, 2.75) is 0 Å². The lowest BCUT2D eigenvalue weighted by atomic mass is 10.1. The fourth-order valence-corrected chi connectivity index (χ4v) is 3.36. The highest BCUT2D eigenvalue weighted by Crippen LogP contribution is 2.51. The Balaban J connectivity index is 2.24. The normalized spacial score (nSPS) is 10.9. The maximum atomic E-state index is 11.8. The van der Waals surface area contributed by atoms with Crippen molar-refractivity contribution in [3.8, 4) is 0 Å². The summed E-state index contributed by atoms with van der Waals surface area (Å²) in [7, 11) is 0. The van der Waals surface area contributed by atoms with E-state index in [1.54, 1.807) is 54.6 Å². The van der Waals surface area contributed by atoms with E-state index in [4.69, 9.17) is 0 Å². The van der Waals surface area contributed by atoms with Crippen LogP contribution in [0.1, 0.15) is 0 Å². The summed E-state index contributed by atoms with van der Waals surface area (Å²) in [5.74, 6) is 0. The molecule has 0 aliphatic carbocycles. The van der Waals surface area contributed by atoms with Gasteiger partial charge in [0.1, 0.15) is 0 Å². The van der Waals surface area contributed by atoms with E-state index >= 15 is 0 Å². The van der Waals surface area contributed by atoms with Crippen LogP contribution >= 0.6 is 0 Å². The van der Waals surface area contributed by atoms with Crippen molar-refractivity contribution in [1.29, 1.82) is 0 Å². The van der Waals surface area contributed by atoms with Crippen LogP contribution in [-0.4, -0.2) is 19.8 Å². The van der Waals surface area contributed by atoms with Gasteiger partial charge in [-0.2, -0.15) is 0 Å². The number of benzene rings is 3. The molecule has 0 aliphatic heterocycles. The molecule has 0 fully saturated rings. The van der Waals surface area contributed by atoms with Gasteiger partial charge in [-0.3, -0.25) is 30.3 Å². The Labute approximate surface area is 161 Å². The summed E-state index contributed by atoms with van der Waals surface area (Å²) >= 11 is 0. The number of nitrogens with one attached hydrogen (secondary N) is 2. The van der Waals surface area contributed by atoms with Gasteiger partial charge in [0.05, 0.1) is 25.7 Å². The quantitative estimate of drug-likeness (QED) is 0.364. The third-order valence-corrected chi connectivity index (χ3v) is 4.47. The Morgan fingerprint density at radius 2 is 1.31 bits per heavy atom. The van der Waals surface area contributed by atoms with E-state index in [1.807, 2.05) is 0 Å². The number of nitrogens with zero attached hydrogens (tertiary/aromatic N) is 3. The first-order valence-corrected chi connectivity index (χ1v) is 8.25. The Bertz CT molecular complexity index is 1320. The summed E-state index contributed by atoms with van der Waals surface area (Å²) in [4.78, 5) is 35.2. The standard InChI is InChI=1S/C18H11N5O6/c24-21(25)16-13-11-8-4-5-9-12(11)20-14(13)15(19-10-6-2-1-3-7-10)17(22(26)27)18(16)23(28)29/h1-9,19-20H. The van der Waals surface area contributed by atoms with E-state index in [0.29, 0.717) is 16.6 Å². The number of aromatic amines is 1. The van der Waals surface area contributed by atoms with Crippen LogP contribution in [0.2, 0.25) is 0 Å². The molecule has 144 valence electrons. The predicted molar refractivity (Wildman–Crippen MR) is 105 cm³/mol. The minimum absolute atomic E-state index is 0.0408. The van der Waals surface area contributed by atoms with Gasteiger partial charge in [0.25, 0.3) is 0 Å². The first-order chi connectivity index (χ1) is 13.9. The first-order valence-electron chi connectivity index (χ1n) is 8.25. The maximum Gasteiger partial charge on any atom is 0.425 e. The number of nitro benzene ring substituents is 3. The maximum absolute atomic E-state index is 11.8. The minimum Gasteiger partial charge on any atom is -0.352 e. The van der Waals surface area contributed by atoms with Crippen LogP contribution in [-0.2, 0) is 0 Å². The number of aromatic nitrogens is 1. The molecule has 0 saturated heterocycles. The van der Waals surface area contributed by atoms with Crippen LogP contribution in [0.5, 0.6) is 0 Å². The number of anilines is 2. The number of para-hydroxylation sites is 2. The lowest BCUT2D eigenvalue weighted by molar-refractivity contribution is -0.439. The second-order valence-electron chi connectivity index (χ2n) is 6.10. The molecule has 0 saturated carbocycles. The zero-order valence-electron chi connectivity index (χ0n) is 14.5. The van der Waals surface area contributed by atoms with Crippen LogP contribution in [0, 0.1) is 30.3 Å². The van der Waals surface area contributed by atoms with E-state index in [-0.39, 0.29) is 16.6 Å². The minimum atomic E-state index is -1.17. The third kappa shape index (κ3) is 2.77. The van der Waals surface area contributed by atoms with Gasteiger partial charge in [-0.15, -0.1) is 0 Å². The highest BCUT2D eigenvalue weighted by Gasteiger charge is 2.43. The van der Waals surface area contributed by atoms with Crippen LogP contribution in [0.25, 0.3) is 21.8 Å². The van der Waals surface area contributed by atoms with Crippen molar-refractivity contribution < 1.29 is 14.8 Å². The molecule has 0 amide bonds. The van der Waals surface area contributed by atoms with Crippen molar-refractivity contribution in [2.24, 2.45) is 0 Å². The fourth-order valence-electron chi connectivity index (χ4n) is 3.36. The molecule has 4 aromatic rings. The van der Waals surface area contributed by atoms with Crippen molar-refractivity contribution in [2.75, 3.05) is 5.32 Å². The summed E-state index contributed by atoms with van der Waals surface area (Å²) in [6.07, 6.45) is 0. The lowest BCUT2D eigenvalue weighted by Crippen LogP contribution is -2.06. The second kappa shape index (κ2) is 6.56. The SMILES string of the molecule is O=[N+]([O-])c1c([N+](=O)[O-])c([N+](=O)[O-])c2c([nH]c3ccccc32)c1Nc1ccccc1. The Kier molecular flexibility index (Phi) is 4.04. The zero-order chi connectivity index (χ0) is 20.7. The third-order valence-electron chi connectivity index (χ3n) is 4.47. The van der Waals surface area contributed by atoms with Gasteiger partial charge in [0, 0.05) is 16.6 Å². The van der Waals surface area contributed by atoms with Crippen molar-refractivity contribution in [3.63, 3.8) is 0 Å². The lowest BCUT2D eigenvalue weighted by Gasteiger charge is -2.09. The zero-order valence-corrected chi connectivity index (χ0v) is 14.5. The number of fused-ring (bicyclic) bond motifs is 3. The van der Waals surface area contributed by atoms with Gasteiger partial charge in [-0.1, -0.05) is 36.4 Å². The Hall–Kier alpha value is -4.54. The summed E-state index contributed by atoms with van der Waals surface area (Å²) in [5, 5.41) is 38.4. The van der Waals surface area contributed by atoms with Gasteiger partial charge < -0.3 is 10.3 Å². The molecule has 4 rings (SSSR count). The van der Waals surface area contributed by atoms with Crippen LogP contribution < -0.4 is 5.32 Å². The molecule has 29 heavy (non-hydrogen) atoms. The van der Waals surface area contributed by atoms with Crippen LogP contribution in [0.3, 0.4) is 0 Å². The fraction of sp³-hybridized carbons (Fsp3) is 0.